The van der Waals surface area contributed by atoms with E-state index in [9.17, 15) is 9.59 Å². The molecule has 190 valence electrons. The maximum Gasteiger partial charge on any atom is 0.257 e. The van der Waals surface area contributed by atoms with Crippen molar-refractivity contribution in [2.75, 3.05) is 25.5 Å². The Labute approximate surface area is 215 Å². The Kier molecular flexibility index (Phi) is 5.51. The fourth-order valence-corrected chi connectivity index (χ4v) is 5.91. The van der Waals surface area contributed by atoms with E-state index in [1.54, 1.807) is 17.8 Å². The van der Waals surface area contributed by atoms with Crippen LogP contribution in [0.3, 0.4) is 0 Å². The highest BCUT2D eigenvalue weighted by molar-refractivity contribution is 6.01. The lowest BCUT2D eigenvalue weighted by atomic mass is 9.57. The van der Waals surface area contributed by atoms with Crippen molar-refractivity contribution in [2.45, 2.75) is 26.2 Å². The van der Waals surface area contributed by atoms with E-state index < -0.39 is 0 Å². The monoisotopic (exact) mass is 497 g/mol. The molecule has 0 radical (unpaired) electrons. The Hall–Kier alpha value is -4.14. The minimum absolute atomic E-state index is 0.00907. The largest absolute Gasteiger partial charge is 0.359 e. The molecule has 1 aromatic carbocycles. The number of anilines is 2. The van der Waals surface area contributed by atoms with Gasteiger partial charge in [0.2, 0.25) is 5.91 Å². The zero-order chi connectivity index (χ0) is 25.7. The van der Waals surface area contributed by atoms with Gasteiger partial charge in [-0.15, -0.1) is 0 Å². The molecule has 4 aromatic rings. The number of hydrogen-bond acceptors (Lipinski definition) is 5. The number of nitrogens with one attached hydrogen (secondary N) is 2. The summed E-state index contributed by atoms with van der Waals surface area (Å²) in [5.41, 5.74) is 5.58. The normalized spacial score (nSPS) is 16.5. The summed E-state index contributed by atoms with van der Waals surface area (Å²) in [7, 11) is 3.59. The summed E-state index contributed by atoms with van der Waals surface area (Å²) in [6, 6.07) is 14.2. The number of fused-ring (bicyclic) bond motifs is 1. The number of rotatable bonds is 6. The first-order valence-electron chi connectivity index (χ1n) is 12.7. The minimum atomic E-state index is 0.00907. The number of hydrogen-bond donors (Lipinski definition) is 2. The fourth-order valence-electron chi connectivity index (χ4n) is 5.91. The molecule has 1 saturated heterocycles. The summed E-state index contributed by atoms with van der Waals surface area (Å²) in [6.07, 6.45) is 6.13. The molecule has 1 aliphatic heterocycles. The van der Waals surface area contributed by atoms with Gasteiger partial charge in [-0.25, -0.2) is 4.52 Å². The van der Waals surface area contributed by atoms with Gasteiger partial charge in [0.1, 0.15) is 5.82 Å². The van der Waals surface area contributed by atoms with Crippen molar-refractivity contribution in [3.63, 3.8) is 0 Å². The number of pyridine rings is 1. The van der Waals surface area contributed by atoms with Gasteiger partial charge in [-0.2, -0.15) is 10.2 Å². The Morgan fingerprint density at radius 1 is 1.14 bits per heavy atom. The second kappa shape index (κ2) is 8.76. The number of aryl methyl sites for hydroxylation is 2. The number of aromatic nitrogens is 4. The molecule has 1 saturated carbocycles. The van der Waals surface area contributed by atoms with Crippen LogP contribution in [0.5, 0.6) is 0 Å². The first kappa shape index (κ1) is 23.3. The molecule has 2 N–H and O–H groups in total. The highest BCUT2D eigenvalue weighted by atomic mass is 16.2. The average molecular weight is 498 g/mol. The van der Waals surface area contributed by atoms with Gasteiger partial charge in [0, 0.05) is 62.5 Å². The summed E-state index contributed by atoms with van der Waals surface area (Å²) in [5, 5.41) is 15.2. The van der Waals surface area contributed by atoms with E-state index in [0.717, 1.165) is 54.2 Å². The van der Waals surface area contributed by atoms with E-state index in [2.05, 4.69) is 46.0 Å². The standard InChI is InChI=1S/C28H31N7O2/c1-18-5-4-6-20(9-18)23-12-25(33(3)32-23)31-21-7-8-35-24(11-21)22(15-30-35)27(37)34-16-28(17-34)13-19(14-28)10-26(36)29-2/h4-9,11-12,15,19,31H,10,13-14,16-17H2,1-3H3,(H,29,36). The molecule has 4 heterocycles. The maximum atomic E-state index is 13.3. The summed E-state index contributed by atoms with van der Waals surface area (Å²) < 4.78 is 3.55. The molecule has 3 aromatic heterocycles. The van der Waals surface area contributed by atoms with Crippen molar-refractivity contribution in [2.24, 2.45) is 18.4 Å². The lowest BCUT2D eigenvalue weighted by molar-refractivity contribution is -0.127. The molecule has 0 atom stereocenters. The second-order valence-electron chi connectivity index (χ2n) is 10.6. The fraction of sp³-hybridized carbons (Fsp3) is 0.357. The first-order valence-corrected chi connectivity index (χ1v) is 12.7. The summed E-state index contributed by atoms with van der Waals surface area (Å²) in [5.74, 6) is 1.39. The molecule has 1 spiro atoms. The molecule has 2 fully saturated rings. The molecule has 6 rings (SSSR count). The zero-order valence-electron chi connectivity index (χ0n) is 21.4. The number of carbonyl (C=O) groups excluding carboxylic acids is 2. The predicted octanol–water partition coefficient (Wildman–Crippen LogP) is 3.78. The van der Waals surface area contributed by atoms with E-state index in [1.807, 2.05) is 47.1 Å². The van der Waals surface area contributed by atoms with Gasteiger partial charge in [-0.1, -0.05) is 23.8 Å². The third-order valence-electron chi connectivity index (χ3n) is 7.75. The number of benzene rings is 1. The van der Waals surface area contributed by atoms with E-state index >= 15 is 0 Å². The smallest absolute Gasteiger partial charge is 0.257 e. The van der Waals surface area contributed by atoms with Crippen LogP contribution in [-0.4, -0.2) is 56.2 Å². The Morgan fingerprint density at radius 2 is 1.95 bits per heavy atom. The van der Waals surface area contributed by atoms with Crippen LogP contribution in [0.15, 0.2) is 54.9 Å². The minimum Gasteiger partial charge on any atom is -0.359 e. The Bertz CT molecular complexity index is 1500. The second-order valence-corrected chi connectivity index (χ2v) is 10.6. The lowest BCUT2D eigenvalue weighted by Crippen LogP contribution is -2.63. The van der Waals surface area contributed by atoms with Gasteiger partial charge in [0.25, 0.3) is 5.91 Å². The Morgan fingerprint density at radius 3 is 2.70 bits per heavy atom. The van der Waals surface area contributed by atoms with Gasteiger partial charge in [0.15, 0.2) is 0 Å². The van der Waals surface area contributed by atoms with Crippen molar-refractivity contribution in [3.05, 3.63) is 66.0 Å². The summed E-state index contributed by atoms with van der Waals surface area (Å²) in [4.78, 5) is 26.9. The number of nitrogens with zero attached hydrogens (tertiary/aromatic N) is 5. The highest BCUT2D eigenvalue weighted by Crippen LogP contribution is 2.53. The van der Waals surface area contributed by atoms with Crippen LogP contribution in [0, 0.1) is 18.3 Å². The maximum absolute atomic E-state index is 13.3. The van der Waals surface area contributed by atoms with Crippen molar-refractivity contribution < 1.29 is 9.59 Å². The van der Waals surface area contributed by atoms with Crippen molar-refractivity contribution in [3.8, 4) is 11.3 Å². The third-order valence-corrected chi connectivity index (χ3v) is 7.75. The SMILES string of the molecule is CNC(=O)CC1CC2(C1)CN(C(=O)c1cnn3ccc(Nc4cc(-c5cccc(C)c5)nn4C)cc13)C2. The van der Waals surface area contributed by atoms with E-state index in [1.165, 1.54) is 5.56 Å². The summed E-state index contributed by atoms with van der Waals surface area (Å²) >= 11 is 0. The Balaban J connectivity index is 1.15. The van der Waals surface area contributed by atoms with Gasteiger partial charge < -0.3 is 15.5 Å². The molecule has 2 amide bonds. The molecular formula is C28H31N7O2. The molecule has 1 aliphatic carbocycles. The van der Waals surface area contributed by atoms with Crippen molar-refractivity contribution in [1.29, 1.82) is 0 Å². The van der Waals surface area contributed by atoms with E-state index in [0.29, 0.717) is 17.9 Å². The number of carbonyl (C=O) groups is 2. The van der Waals surface area contributed by atoms with Crippen LogP contribution in [-0.2, 0) is 11.8 Å². The zero-order valence-corrected chi connectivity index (χ0v) is 21.4. The van der Waals surface area contributed by atoms with Gasteiger partial charge >= 0.3 is 0 Å². The van der Waals surface area contributed by atoms with Gasteiger partial charge in [-0.05, 0) is 43.9 Å². The molecule has 9 nitrogen and oxygen atoms in total. The van der Waals surface area contributed by atoms with Gasteiger partial charge in [-0.3, -0.25) is 14.3 Å². The summed E-state index contributed by atoms with van der Waals surface area (Å²) in [6.45, 7) is 3.58. The van der Waals surface area contributed by atoms with Crippen LogP contribution >= 0.6 is 0 Å². The lowest BCUT2D eigenvalue weighted by Gasteiger charge is -2.59. The molecule has 9 heteroatoms. The van der Waals surface area contributed by atoms with Crippen LogP contribution < -0.4 is 10.6 Å². The van der Waals surface area contributed by atoms with Crippen molar-refractivity contribution >= 4 is 28.8 Å². The quantitative estimate of drug-likeness (QED) is 0.423. The number of amides is 2. The molecule has 2 aliphatic rings. The molecular weight excluding hydrogens is 466 g/mol. The van der Waals surface area contributed by atoms with Crippen LogP contribution in [0.1, 0.15) is 35.2 Å². The van der Waals surface area contributed by atoms with Crippen LogP contribution in [0.4, 0.5) is 11.5 Å². The average Bonchev–Trinajstić information content (AvgIpc) is 3.42. The van der Waals surface area contributed by atoms with Gasteiger partial charge in [0.05, 0.1) is 23.0 Å². The molecule has 37 heavy (non-hydrogen) atoms. The first-order chi connectivity index (χ1) is 17.8. The molecule has 0 unspecified atom stereocenters. The number of likely N-dealkylation sites (tertiary alicyclic amines) is 1. The van der Waals surface area contributed by atoms with Crippen LogP contribution in [0.25, 0.3) is 16.8 Å². The van der Waals surface area contributed by atoms with Crippen molar-refractivity contribution in [1.82, 2.24) is 29.6 Å². The van der Waals surface area contributed by atoms with E-state index in [4.69, 9.17) is 0 Å². The van der Waals surface area contributed by atoms with E-state index in [-0.39, 0.29) is 17.2 Å². The highest BCUT2D eigenvalue weighted by Gasteiger charge is 2.53. The predicted molar refractivity (Wildman–Crippen MR) is 142 cm³/mol. The molecule has 0 bridgehead atoms. The third kappa shape index (κ3) is 4.24. The topological polar surface area (TPSA) is 96.6 Å². The van der Waals surface area contributed by atoms with Crippen LogP contribution in [0.2, 0.25) is 0 Å².